The molecule has 0 fully saturated rings. The van der Waals surface area contributed by atoms with E-state index in [4.69, 9.17) is 5.73 Å². The highest BCUT2D eigenvalue weighted by Crippen LogP contribution is 2.32. The van der Waals surface area contributed by atoms with Gasteiger partial charge >= 0.3 is 7.12 Å². The molecule has 0 aliphatic heterocycles. The number of benzene rings is 2. The molecule has 0 unspecified atom stereocenters. The molecule has 19 heavy (non-hydrogen) atoms. The van der Waals surface area contributed by atoms with Crippen molar-refractivity contribution in [3.05, 3.63) is 42.5 Å². The molecule has 6 nitrogen and oxygen atoms in total. The normalized spacial score (nSPS) is 10.8. The van der Waals surface area contributed by atoms with Gasteiger partial charge in [0.15, 0.2) is 5.75 Å². The van der Waals surface area contributed by atoms with Crippen molar-refractivity contribution in [1.82, 2.24) is 0 Å². The highest BCUT2D eigenvalue weighted by atomic mass is 16.4. The number of rotatable bonds is 3. The average molecular weight is 257 g/mol. The van der Waals surface area contributed by atoms with E-state index in [1.54, 1.807) is 36.4 Å². The maximum atomic E-state index is 9.68. The molecule has 96 valence electrons. The van der Waals surface area contributed by atoms with Crippen LogP contribution in [0.1, 0.15) is 0 Å². The number of para-hydroxylation sites is 1. The van der Waals surface area contributed by atoms with E-state index in [1.807, 2.05) is 0 Å². The summed E-state index contributed by atoms with van der Waals surface area (Å²) in [6, 6.07) is 11.2. The zero-order valence-electron chi connectivity index (χ0n) is 9.93. The number of phenolic OH excluding ortho intramolecular Hbond substituents is 1. The van der Waals surface area contributed by atoms with Crippen molar-refractivity contribution < 1.29 is 15.2 Å². The second-order valence-electron chi connectivity index (χ2n) is 3.85. The molecule has 0 amide bonds. The Kier molecular flexibility index (Phi) is 3.79. The quantitative estimate of drug-likeness (QED) is 0.285. The first-order valence-corrected chi connectivity index (χ1v) is 5.54. The van der Waals surface area contributed by atoms with Crippen molar-refractivity contribution in [1.29, 1.82) is 0 Å². The van der Waals surface area contributed by atoms with E-state index in [0.29, 0.717) is 5.69 Å². The van der Waals surface area contributed by atoms with Crippen LogP contribution >= 0.6 is 0 Å². The van der Waals surface area contributed by atoms with E-state index in [9.17, 15) is 15.2 Å². The van der Waals surface area contributed by atoms with Crippen LogP contribution in [0.4, 0.5) is 17.1 Å². The SMILES string of the molecule is Nc1cccc(N=Nc2ccccc2B(O)O)c1O. The summed E-state index contributed by atoms with van der Waals surface area (Å²) < 4.78 is 0. The van der Waals surface area contributed by atoms with Crippen LogP contribution in [-0.2, 0) is 0 Å². The first-order valence-electron chi connectivity index (χ1n) is 5.54. The molecule has 2 rings (SSSR count). The molecule has 2 aromatic rings. The molecule has 0 saturated carbocycles. The Morgan fingerprint density at radius 2 is 1.53 bits per heavy atom. The number of anilines is 1. The summed E-state index contributed by atoms with van der Waals surface area (Å²) in [4.78, 5) is 0. The lowest BCUT2D eigenvalue weighted by Crippen LogP contribution is -2.29. The third kappa shape index (κ3) is 2.90. The van der Waals surface area contributed by atoms with Gasteiger partial charge in [0, 0.05) is 5.46 Å². The molecule has 2 aromatic carbocycles. The topological polar surface area (TPSA) is 111 Å². The number of nitrogen functional groups attached to an aromatic ring is 1. The monoisotopic (exact) mass is 257 g/mol. The molecule has 0 atom stereocenters. The highest BCUT2D eigenvalue weighted by Gasteiger charge is 2.15. The Bertz CT molecular complexity index is 617. The van der Waals surface area contributed by atoms with Crippen molar-refractivity contribution in [3.8, 4) is 5.75 Å². The Morgan fingerprint density at radius 1 is 0.895 bits per heavy atom. The molecule has 0 aliphatic carbocycles. The minimum atomic E-state index is -1.63. The molecule has 0 aromatic heterocycles. The Balaban J connectivity index is 2.36. The number of phenols is 1. The van der Waals surface area contributed by atoms with Gasteiger partial charge in [-0.1, -0.05) is 24.3 Å². The number of hydrogen-bond donors (Lipinski definition) is 4. The molecular formula is C12H12BN3O3. The molecular weight excluding hydrogens is 245 g/mol. The molecule has 0 radical (unpaired) electrons. The fraction of sp³-hybridized carbons (Fsp3) is 0. The summed E-state index contributed by atoms with van der Waals surface area (Å²) in [5.74, 6) is -0.159. The predicted molar refractivity (Wildman–Crippen MR) is 73.0 cm³/mol. The zero-order chi connectivity index (χ0) is 13.8. The molecule has 7 heteroatoms. The maximum Gasteiger partial charge on any atom is 0.490 e. The van der Waals surface area contributed by atoms with E-state index >= 15 is 0 Å². The van der Waals surface area contributed by atoms with Crippen LogP contribution in [0.15, 0.2) is 52.7 Å². The molecule has 0 aliphatic rings. The van der Waals surface area contributed by atoms with E-state index in [-0.39, 0.29) is 22.6 Å². The number of azo groups is 1. The minimum Gasteiger partial charge on any atom is -0.504 e. The van der Waals surface area contributed by atoms with Crippen molar-refractivity contribution in [2.75, 3.05) is 5.73 Å². The van der Waals surface area contributed by atoms with Gasteiger partial charge < -0.3 is 20.9 Å². The smallest absolute Gasteiger partial charge is 0.490 e. The van der Waals surface area contributed by atoms with Crippen LogP contribution in [0.25, 0.3) is 0 Å². The van der Waals surface area contributed by atoms with Crippen LogP contribution in [-0.4, -0.2) is 22.3 Å². The molecule has 0 saturated heterocycles. The fourth-order valence-electron chi connectivity index (χ4n) is 1.53. The average Bonchev–Trinajstić information content (AvgIpc) is 2.40. The van der Waals surface area contributed by atoms with Crippen LogP contribution in [0.5, 0.6) is 5.75 Å². The number of aromatic hydroxyl groups is 1. The number of nitrogens with two attached hydrogens (primary N) is 1. The van der Waals surface area contributed by atoms with Gasteiger partial charge in [0.05, 0.1) is 11.4 Å². The molecule has 0 bridgehead atoms. The molecule has 0 spiro atoms. The largest absolute Gasteiger partial charge is 0.504 e. The van der Waals surface area contributed by atoms with Crippen molar-refractivity contribution >= 4 is 29.6 Å². The Morgan fingerprint density at radius 3 is 2.26 bits per heavy atom. The van der Waals surface area contributed by atoms with Gasteiger partial charge in [-0.25, -0.2) is 0 Å². The van der Waals surface area contributed by atoms with Crippen molar-refractivity contribution in [3.63, 3.8) is 0 Å². The van der Waals surface area contributed by atoms with Gasteiger partial charge in [-0.15, -0.1) is 5.11 Å². The van der Waals surface area contributed by atoms with Gasteiger partial charge in [-0.05, 0) is 18.2 Å². The number of hydrogen-bond acceptors (Lipinski definition) is 6. The third-order valence-electron chi connectivity index (χ3n) is 2.53. The lowest BCUT2D eigenvalue weighted by molar-refractivity contribution is 0.426. The minimum absolute atomic E-state index is 0.159. The maximum absolute atomic E-state index is 9.68. The Hall–Kier alpha value is -2.38. The van der Waals surface area contributed by atoms with E-state index in [2.05, 4.69) is 10.2 Å². The van der Waals surface area contributed by atoms with Crippen LogP contribution in [0, 0.1) is 0 Å². The summed E-state index contributed by atoms with van der Waals surface area (Å²) in [5.41, 5.74) is 6.48. The first-order chi connectivity index (χ1) is 9.09. The van der Waals surface area contributed by atoms with Crippen LogP contribution in [0.2, 0.25) is 0 Å². The number of nitrogens with zero attached hydrogens (tertiary/aromatic N) is 2. The summed E-state index contributed by atoms with van der Waals surface area (Å²) in [6.45, 7) is 0. The summed E-state index contributed by atoms with van der Waals surface area (Å²) in [5, 5.41) is 35.8. The summed E-state index contributed by atoms with van der Waals surface area (Å²) in [6.07, 6.45) is 0. The molecule has 5 N–H and O–H groups in total. The molecule has 0 heterocycles. The van der Waals surface area contributed by atoms with Crippen LogP contribution in [0.3, 0.4) is 0 Å². The summed E-state index contributed by atoms with van der Waals surface area (Å²) >= 11 is 0. The van der Waals surface area contributed by atoms with Gasteiger partial charge in [-0.3, -0.25) is 0 Å². The van der Waals surface area contributed by atoms with Crippen molar-refractivity contribution in [2.24, 2.45) is 10.2 Å². The van der Waals surface area contributed by atoms with Gasteiger partial charge in [0.25, 0.3) is 0 Å². The van der Waals surface area contributed by atoms with E-state index in [0.717, 1.165) is 0 Å². The highest BCUT2D eigenvalue weighted by molar-refractivity contribution is 6.60. The van der Waals surface area contributed by atoms with Gasteiger partial charge in [0.2, 0.25) is 0 Å². The lowest BCUT2D eigenvalue weighted by Gasteiger charge is -2.03. The van der Waals surface area contributed by atoms with Gasteiger partial charge in [-0.2, -0.15) is 5.11 Å². The Labute approximate surface area is 110 Å². The second kappa shape index (κ2) is 5.51. The van der Waals surface area contributed by atoms with Gasteiger partial charge in [0.1, 0.15) is 5.69 Å². The van der Waals surface area contributed by atoms with E-state index in [1.165, 1.54) is 6.07 Å². The second-order valence-corrected chi connectivity index (χ2v) is 3.85. The van der Waals surface area contributed by atoms with Crippen LogP contribution < -0.4 is 11.2 Å². The zero-order valence-corrected chi connectivity index (χ0v) is 9.93. The first kappa shape index (κ1) is 13.1. The van der Waals surface area contributed by atoms with Crippen molar-refractivity contribution in [2.45, 2.75) is 0 Å². The lowest BCUT2D eigenvalue weighted by atomic mass is 9.79. The fourth-order valence-corrected chi connectivity index (χ4v) is 1.53. The predicted octanol–water partition coefficient (Wildman–Crippen LogP) is 1.07. The standard InChI is InChI=1S/C12H12BN3O3/c14-9-5-3-7-11(12(9)17)16-15-10-6-2-1-4-8(10)13(18)19/h1-7,17-19H,14H2. The summed E-state index contributed by atoms with van der Waals surface area (Å²) in [7, 11) is -1.63. The third-order valence-corrected chi connectivity index (χ3v) is 2.53. The van der Waals surface area contributed by atoms with E-state index < -0.39 is 7.12 Å².